The molecule has 0 saturated carbocycles. The predicted octanol–water partition coefficient (Wildman–Crippen LogP) is 4.79. The molecule has 2 aliphatic heterocycles. The summed E-state index contributed by atoms with van der Waals surface area (Å²) in [5, 5.41) is 37.1. The lowest BCUT2D eigenvalue weighted by Gasteiger charge is -2.29. The Morgan fingerprint density at radius 3 is 2.11 bits per heavy atom. The van der Waals surface area contributed by atoms with Crippen LogP contribution in [0.15, 0.2) is 54.6 Å². The predicted molar refractivity (Wildman–Crippen MR) is 325 cm³/mol. The molecule has 1 saturated heterocycles. The molecule has 492 valence electrons. The first-order valence-corrected chi connectivity index (χ1v) is 30.8. The molecule has 0 aliphatic carbocycles. The van der Waals surface area contributed by atoms with Crippen LogP contribution in [0.5, 0.6) is 5.75 Å². The van der Waals surface area contributed by atoms with Crippen LogP contribution in [0.1, 0.15) is 129 Å². The largest absolute Gasteiger partial charge is 0.495 e. The Morgan fingerprint density at radius 2 is 1.48 bits per heavy atom. The average molecular weight is 1260 g/mol. The highest BCUT2D eigenvalue weighted by Gasteiger charge is 2.48. The number of amides is 5. The van der Waals surface area contributed by atoms with E-state index in [1.54, 1.807) is 59.1 Å². The Labute approximate surface area is 522 Å². The summed E-state index contributed by atoms with van der Waals surface area (Å²) >= 11 is 6.40. The Morgan fingerprint density at radius 1 is 0.807 bits per heavy atom. The third-order valence-corrected chi connectivity index (χ3v) is 15.1. The highest BCUT2D eigenvalue weighted by Crippen LogP contribution is 2.45. The maximum atomic E-state index is 14.0. The number of carboxylic acids is 1. The van der Waals surface area contributed by atoms with E-state index in [0.717, 1.165) is 11.1 Å². The van der Waals surface area contributed by atoms with Gasteiger partial charge in [-0.1, -0.05) is 82.6 Å². The van der Waals surface area contributed by atoms with Crippen molar-refractivity contribution in [1.29, 1.82) is 0 Å². The third-order valence-electron chi connectivity index (χ3n) is 14.8. The molecule has 8 N–H and O–H groups in total. The summed E-state index contributed by atoms with van der Waals surface area (Å²) in [6.45, 7) is 15.4. The van der Waals surface area contributed by atoms with Gasteiger partial charge in [0.1, 0.15) is 36.3 Å². The van der Waals surface area contributed by atoms with Crippen molar-refractivity contribution in [3.63, 3.8) is 0 Å². The number of carbonyl (C=O) groups excluding carboxylic acids is 7. The van der Waals surface area contributed by atoms with Gasteiger partial charge in [0.2, 0.25) is 29.5 Å². The molecule has 0 bridgehead atoms. The number of cyclic esters (lactones) is 2. The molecule has 5 amide bonds. The first-order chi connectivity index (χ1) is 41.9. The number of unbranched alkanes of at least 4 members (excludes halogenated alkanes) is 1. The number of rotatable bonds is 37. The number of carbonyl (C=O) groups is 8. The Hall–Kier alpha value is -6.25. The lowest BCUT2D eigenvalue weighted by Crippen LogP contribution is -2.56. The third kappa shape index (κ3) is 27.2. The van der Waals surface area contributed by atoms with Crippen molar-refractivity contribution >= 4 is 59.0 Å². The fourth-order valence-electron chi connectivity index (χ4n) is 9.44. The number of nitrogens with one attached hydrogen (secondary N) is 6. The number of aliphatic hydroxyl groups excluding tert-OH is 1. The Balaban J connectivity index is 1.42. The van der Waals surface area contributed by atoms with Crippen molar-refractivity contribution in [2.75, 3.05) is 73.6 Å². The second-order valence-corrected chi connectivity index (χ2v) is 23.9. The van der Waals surface area contributed by atoms with Gasteiger partial charge in [-0.05, 0) is 99.1 Å². The minimum atomic E-state index is -1.29. The molecule has 2 heterocycles. The molecule has 25 heteroatoms. The molecular weight excluding hydrogens is 1160 g/mol. The molecule has 2 unspecified atom stereocenters. The number of aliphatic carboxylic acids is 1. The fraction of sp³-hybridized carbons (Fsp3) is 0.651. The number of hydrogen-bond acceptors (Lipinski definition) is 18. The standard InChI is InChI=1S/C63H95ClN6O18/c1-39(2)34-50-61(79)86-48(15-12-16-52(72)68-47(36-43-21-24-49(82-9)45(64)35-43)59(77)67-38-63(6,7)62(80)87-50)41(5)56-57(88-56)44-22-19-42(20-23-44)37-66-58(76)46(69-60(78)55(40(3)4)70-53(73)17-13-18-54(74)75)14-10-11-26-65-51(71)25-27-83-30-31-85-33-32-84-29-28-81-8/h12,16,19-24,35,39-41,46-48,50,53,55-57,70,73H,10-11,13-15,17-18,25-34,36-38H2,1-9H3,(H,65,71)(H,66,76)(H,67,77)(H,68,72)(H,69,78)(H,74,75)/b16-12+/t41-,46-,47?,48-,50-,53?,55-,56+,57+/m0/s1. The smallest absolute Gasteiger partial charge is 0.347 e. The van der Waals surface area contributed by atoms with Crippen LogP contribution in [-0.4, -0.2) is 174 Å². The molecule has 24 nitrogen and oxygen atoms in total. The van der Waals surface area contributed by atoms with Crippen molar-refractivity contribution in [2.24, 2.45) is 23.2 Å². The molecular formula is C63H95ClN6O18. The highest BCUT2D eigenvalue weighted by molar-refractivity contribution is 6.32. The highest BCUT2D eigenvalue weighted by atomic mass is 35.5. The van der Waals surface area contributed by atoms with E-state index in [2.05, 4.69) is 31.9 Å². The summed E-state index contributed by atoms with van der Waals surface area (Å²) in [4.78, 5) is 106. The number of esters is 2. The van der Waals surface area contributed by atoms with Gasteiger partial charge in [-0.15, -0.1) is 0 Å². The van der Waals surface area contributed by atoms with Gasteiger partial charge < -0.3 is 74.7 Å². The molecule has 88 heavy (non-hydrogen) atoms. The SMILES string of the molecule is COCCOCCOCCOCCC(=O)NCCCC[C@H](NC(=O)[C@@H](NC(O)CCCC(=O)O)C(C)C)C(=O)NCc1ccc([C@H]2O[C@@H]2[C@@H](C)[C@@H]2C/C=C/C(=O)NC(Cc3ccc(OC)c(Cl)c3)C(=O)NCC(C)(C)C(=O)O[C@@H](CC(C)C)C(=O)O2)cc1. The summed E-state index contributed by atoms with van der Waals surface area (Å²) in [7, 11) is 3.08. The van der Waals surface area contributed by atoms with E-state index in [9.17, 15) is 43.5 Å². The van der Waals surface area contributed by atoms with Gasteiger partial charge in [0.05, 0.1) is 75.9 Å². The van der Waals surface area contributed by atoms with Crippen molar-refractivity contribution in [2.45, 2.75) is 168 Å². The zero-order valence-electron chi connectivity index (χ0n) is 52.5. The molecule has 4 rings (SSSR count). The summed E-state index contributed by atoms with van der Waals surface area (Å²) in [5.41, 5.74) is 0.888. The van der Waals surface area contributed by atoms with Crippen molar-refractivity contribution < 1.29 is 86.5 Å². The molecule has 0 radical (unpaired) electrons. The molecule has 1 fully saturated rings. The van der Waals surface area contributed by atoms with Gasteiger partial charge >= 0.3 is 17.9 Å². The van der Waals surface area contributed by atoms with E-state index < -0.39 is 102 Å². The number of aliphatic hydroxyl groups is 1. The monoisotopic (exact) mass is 1260 g/mol. The van der Waals surface area contributed by atoms with Gasteiger partial charge in [0, 0.05) is 58.3 Å². The first kappa shape index (κ1) is 74.2. The van der Waals surface area contributed by atoms with Crippen LogP contribution in [0, 0.1) is 23.2 Å². The van der Waals surface area contributed by atoms with E-state index in [1.165, 1.54) is 13.2 Å². The van der Waals surface area contributed by atoms with Gasteiger partial charge in [-0.2, -0.15) is 0 Å². The molecule has 0 spiro atoms. The van der Waals surface area contributed by atoms with Gasteiger partial charge in [-0.3, -0.25) is 38.9 Å². The fourth-order valence-corrected chi connectivity index (χ4v) is 9.72. The minimum Gasteiger partial charge on any atom is -0.495 e. The molecule has 0 aromatic heterocycles. The van der Waals surface area contributed by atoms with Gasteiger partial charge in [0.15, 0.2) is 6.10 Å². The number of halogens is 1. The first-order valence-electron chi connectivity index (χ1n) is 30.4. The van der Waals surface area contributed by atoms with E-state index in [1.807, 2.05) is 45.0 Å². The zero-order valence-corrected chi connectivity index (χ0v) is 53.2. The summed E-state index contributed by atoms with van der Waals surface area (Å²) < 4.78 is 44.8. The lowest BCUT2D eigenvalue weighted by atomic mass is 9.92. The van der Waals surface area contributed by atoms with E-state index in [4.69, 9.17) is 54.6 Å². The second-order valence-electron chi connectivity index (χ2n) is 23.5. The number of carboxylic acid groups (broad SMARTS) is 1. The number of methoxy groups -OCH3 is 2. The lowest BCUT2D eigenvalue weighted by molar-refractivity contribution is -0.179. The maximum absolute atomic E-state index is 14.0. The van der Waals surface area contributed by atoms with Crippen LogP contribution in [0.2, 0.25) is 5.02 Å². The maximum Gasteiger partial charge on any atom is 0.347 e. The van der Waals surface area contributed by atoms with E-state index in [-0.39, 0.29) is 88.8 Å². The molecule has 2 aliphatic rings. The van der Waals surface area contributed by atoms with Crippen molar-refractivity contribution in [1.82, 2.24) is 31.9 Å². The van der Waals surface area contributed by atoms with Crippen LogP contribution < -0.4 is 36.6 Å². The van der Waals surface area contributed by atoms with Gasteiger partial charge in [-0.25, -0.2) is 4.79 Å². The topological polar surface area (TPSA) is 326 Å². The summed E-state index contributed by atoms with van der Waals surface area (Å²) in [6.07, 6.45) is 0.436. The van der Waals surface area contributed by atoms with Crippen LogP contribution in [0.25, 0.3) is 0 Å². The summed E-state index contributed by atoms with van der Waals surface area (Å²) in [5.74, 6) is -5.22. The average Bonchev–Trinajstić information content (AvgIpc) is 3.00. The van der Waals surface area contributed by atoms with Crippen molar-refractivity contribution in [3.8, 4) is 5.75 Å². The summed E-state index contributed by atoms with van der Waals surface area (Å²) in [6, 6.07) is 9.43. The van der Waals surface area contributed by atoms with E-state index >= 15 is 0 Å². The number of hydrogen-bond donors (Lipinski definition) is 8. The van der Waals surface area contributed by atoms with E-state index in [0.29, 0.717) is 75.4 Å². The number of benzene rings is 2. The van der Waals surface area contributed by atoms with Crippen molar-refractivity contribution in [3.05, 3.63) is 76.3 Å². The van der Waals surface area contributed by atoms with Crippen LogP contribution in [0.4, 0.5) is 0 Å². The van der Waals surface area contributed by atoms with Crippen LogP contribution in [0.3, 0.4) is 0 Å². The second kappa shape index (κ2) is 39.0. The Kier molecular flexibility index (Phi) is 32.9. The Bertz CT molecular complexity index is 2570. The van der Waals surface area contributed by atoms with Crippen LogP contribution >= 0.6 is 11.6 Å². The quantitative estimate of drug-likeness (QED) is 0.0195. The number of epoxide rings is 1. The normalized spacial score (nSPS) is 20.8. The van der Waals surface area contributed by atoms with Gasteiger partial charge in [0.25, 0.3) is 0 Å². The molecule has 9 atom stereocenters. The number of ether oxygens (including phenoxy) is 8. The molecule has 2 aromatic rings. The van der Waals surface area contributed by atoms with Crippen LogP contribution in [-0.2, 0) is 84.5 Å². The molecule has 2 aromatic carbocycles. The minimum absolute atomic E-state index is 0.0608. The zero-order chi connectivity index (χ0) is 64.8.